The second-order valence-electron chi connectivity index (χ2n) is 7.66. The Morgan fingerprint density at radius 1 is 1.31 bits per heavy atom. The topological polar surface area (TPSA) is 96.4 Å². The Balaban J connectivity index is 1.77. The number of esters is 1. The zero-order valence-electron chi connectivity index (χ0n) is 14.9. The van der Waals surface area contributed by atoms with E-state index >= 15 is 0 Å². The van der Waals surface area contributed by atoms with Crippen LogP contribution < -0.4 is 4.74 Å². The smallest absolute Gasteiger partial charge is 0.311 e. The summed E-state index contributed by atoms with van der Waals surface area (Å²) in [5.74, 6) is -1.45. The summed E-state index contributed by atoms with van der Waals surface area (Å²) in [7, 11) is 0. The van der Waals surface area contributed by atoms with E-state index in [2.05, 4.69) is 0 Å². The number of hydrogen-bond donors (Lipinski definition) is 1. The molecule has 1 saturated heterocycles. The first-order valence-corrected chi connectivity index (χ1v) is 8.38. The molecule has 1 aromatic rings. The fourth-order valence-corrected chi connectivity index (χ4v) is 2.78. The Hall–Kier alpha value is -2.51. The highest BCUT2D eigenvalue weighted by Crippen LogP contribution is 2.35. The van der Waals surface area contributed by atoms with E-state index in [1.54, 1.807) is 12.1 Å². The zero-order chi connectivity index (χ0) is 19.1. The highest BCUT2D eigenvalue weighted by atomic mass is 16.6. The lowest BCUT2D eigenvalue weighted by atomic mass is 9.92. The van der Waals surface area contributed by atoms with Gasteiger partial charge in [-0.1, -0.05) is 32.9 Å². The van der Waals surface area contributed by atoms with Gasteiger partial charge in [-0.2, -0.15) is 5.06 Å². The van der Waals surface area contributed by atoms with E-state index in [0.717, 1.165) is 0 Å². The van der Waals surface area contributed by atoms with Gasteiger partial charge in [0.15, 0.2) is 5.78 Å². The first-order chi connectivity index (χ1) is 12.2. The number of rotatable bonds is 4. The molecular formula is C19H21NO6. The average molecular weight is 359 g/mol. The van der Waals surface area contributed by atoms with Crippen LogP contribution in [-0.2, 0) is 14.3 Å². The standard InChI is InChI=1S/C19H21NO6/c1-19(2,3)10-16(22)25-14-7-5-4-6-12(14)18(23)20(24)11-8-13(21)17-15(9-11)26-17/h4-8,15,17,24H,9-10H2,1-3H3. The lowest BCUT2D eigenvalue weighted by molar-refractivity contribution is -0.136. The Morgan fingerprint density at radius 3 is 2.65 bits per heavy atom. The third-order valence-corrected chi connectivity index (χ3v) is 4.06. The second-order valence-corrected chi connectivity index (χ2v) is 7.66. The van der Waals surface area contributed by atoms with Gasteiger partial charge < -0.3 is 9.47 Å². The predicted molar refractivity (Wildman–Crippen MR) is 90.5 cm³/mol. The van der Waals surface area contributed by atoms with E-state index in [0.29, 0.717) is 5.06 Å². The first-order valence-electron chi connectivity index (χ1n) is 8.38. The molecule has 0 spiro atoms. The monoisotopic (exact) mass is 359 g/mol. The molecule has 0 aromatic heterocycles. The molecule has 2 unspecified atom stereocenters. The van der Waals surface area contributed by atoms with E-state index in [1.165, 1.54) is 18.2 Å². The fourth-order valence-electron chi connectivity index (χ4n) is 2.78. The molecule has 1 heterocycles. The number of amides is 1. The molecule has 1 fully saturated rings. The minimum atomic E-state index is -0.776. The number of ether oxygens (including phenoxy) is 2. The molecule has 7 nitrogen and oxygen atoms in total. The summed E-state index contributed by atoms with van der Waals surface area (Å²) in [5.41, 5.74) is -0.0633. The van der Waals surface area contributed by atoms with Gasteiger partial charge in [-0.25, -0.2) is 0 Å². The third-order valence-electron chi connectivity index (χ3n) is 4.06. The van der Waals surface area contributed by atoms with Crippen molar-refractivity contribution in [3.63, 3.8) is 0 Å². The molecule has 138 valence electrons. The number of epoxide rings is 1. The van der Waals surface area contributed by atoms with Crippen LogP contribution in [0.15, 0.2) is 36.0 Å². The lowest BCUT2D eigenvalue weighted by Gasteiger charge is -2.21. The van der Waals surface area contributed by atoms with Crippen LogP contribution in [0.25, 0.3) is 0 Å². The summed E-state index contributed by atoms with van der Waals surface area (Å²) in [4.78, 5) is 36.5. The highest BCUT2D eigenvalue weighted by molar-refractivity contribution is 6.01. The Labute approximate surface area is 151 Å². The van der Waals surface area contributed by atoms with Crippen LogP contribution >= 0.6 is 0 Å². The minimum Gasteiger partial charge on any atom is -0.426 e. The van der Waals surface area contributed by atoms with Crippen LogP contribution in [0.2, 0.25) is 0 Å². The second kappa shape index (κ2) is 6.66. The predicted octanol–water partition coefficient (Wildman–Crippen LogP) is 2.48. The van der Waals surface area contributed by atoms with Crippen molar-refractivity contribution >= 4 is 17.7 Å². The molecule has 1 amide bonds. The Morgan fingerprint density at radius 2 is 2.00 bits per heavy atom. The van der Waals surface area contributed by atoms with Crippen LogP contribution in [0.5, 0.6) is 5.75 Å². The number of ketones is 1. The number of benzene rings is 1. The summed E-state index contributed by atoms with van der Waals surface area (Å²) < 4.78 is 10.5. The fraction of sp³-hybridized carbons (Fsp3) is 0.421. The molecule has 2 aliphatic rings. The Bertz CT molecular complexity index is 791. The number of hydroxylamine groups is 2. The lowest BCUT2D eigenvalue weighted by Crippen LogP contribution is -2.31. The van der Waals surface area contributed by atoms with Crippen LogP contribution in [0.1, 0.15) is 44.0 Å². The van der Waals surface area contributed by atoms with Gasteiger partial charge in [0, 0.05) is 12.5 Å². The summed E-state index contributed by atoms with van der Waals surface area (Å²) >= 11 is 0. The average Bonchev–Trinajstić information content (AvgIpc) is 3.32. The number of fused-ring (bicyclic) bond motifs is 1. The molecule has 0 bridgehead atoms. The normalized spacial score (nSPS) is 21.5. The molecule has 0 radical (unpaired) electrons. The number of hydrogen-bond acceptors (Lipinski definition) is 6. The molecule has 1 aliphatic heterocycles. The molecule has 1 N–H and O–H groups in total. The minimum absolute atomic E-state index is 0.0319. The van der Waals surface area contributed by atoms with Crippen molar-refractivity contribution in [1.82, 2.24) is 5.06 Å². The van der Waals surface area contributed by atoms with Crippen molar-refractivity contribution in [1.29, 1.82) is 0 Å². The molecule has 7 heteroatoms. The molecule has 0 saturated carbocycles. The maximum Gasteiger partial charge on any atom is 0.311 e. The van der Waals surface area contributed by atoms with E-state index in [1.807, 2.05) is 20.8 Å². The van der Waals surface area contributed by atoms with Crippen molar-refractivity contribution < 1.29 is 29.1 Å². The van der Waals surface area contributed by atoms with Crippen LogP contribution in [-0.4, -0.2) is 40.1 Å². The first kappa shape index (κ1) is 18.3. The Kier molecular flexibility index (Phi) is 4.68. The van der Waals surface area contributed by atoms with Crippen molar-refractivity contribution in [3.05, 3.63) is 41.6 Å². The van der Waals surface area contributed by atoms with Crippen molar-refractivity contribution in [2.24, 2.45) is 5.41 Å². The molecular weight excluding hydrogens is 338 g/mol. The van der Waals surface area contributed by atoms with Gasteiger partial charge in [0.05, 0.1) is 23.8 Å². The summed E-state index contributed by atoms with van der Waals surface area (Å²) in [6, 6.07) is 6.17. The van der Waals surface area contributed by atoms with Gasteiger partial charge in [-0.05, 0) is 17.5 Å². The van der Waals surface area contributed by atoms with Gasteiger partial charge >= 0.3 is 5.97 Å². The number of carbonyl (C=O) groups excluding carboxylic acids is 3. The molecule has 1 aromatic carbocycles. The molecule has 2 atom stereocenters. The summed E-state index contributed by atoms with van der Waals surface area (Å²) in [5, 5.41) is 10.7. The van der Waals surface area contributed by atoms with E-state index < -0.39 is 18.0 Å². The maximum atomic E-state index is 12.7. The molecule has 1 aliphatic carbocycles. The van der Waals surface area contributed by atoms with Crippen LogP contribution in [0, 0.1) is 5.41 Å². The SMILES string of the molecule is CC(C)(C)CC(=O)Oc1ccccc1C(=O)N(O)C1=CC(=O)C2OC2C1. The van der Waals surface area contributed by atoms with Crippen molar-refractivity contribution in [2.75, 3.05) is 0 Å². The third kappa shape index (κ3) is 4.00. The van der Waals surface area contributed by atoms with Crippen molar-refractivity contribution in [2.45, 2.75) is 45.8 Å². The quantitative estimate of drug-likeness (QED) is 0.292. The van der Waals surface area contributed by atoms with Crippen LogP contribution in [0.4, 0.5) is 0 Å². The number of nitrogens with zero attached hydrogens (tertiary/aromatic N) is 1. The van der Waals surface area contributed by atoms with E-state index in [-0.39, 0.29) is 47.2 Å². The van der Waals surface area contributed by atoms with Gasteiger partial charge in [-0.3, -0.25) is 19.6 Å². The van der Waals surface area contributed by atoms with Gasteiger partial charge in [0.1, 0.15) is 11.9 Å². The highest BCUT2D eigenvalue weighted by Gasteiger charge is 2.48. The van der Waals surface area contributed by atoms with E-state index in [9.17, 15) is 19.6 Å². The van der Waals surface area contributed by atoms with Crippen molar-refractivity contribution in [3.8, 4) is 5.75 Å². The van der Waals surface area contributed by atoms with Gasteiger partial charge in [0.25, 0.3) is 5.91 Å². The number of carbonyl (C=O) groups is 3. The number of para-hydroxylation sites is 1. The van der Waals surface area contributed by atoms with Gasteiger partial charge in [0.2, 0.25) is 0 Å². The summed E-state index contributed by atoms with van der Waals surface area (Å²) in [6.45, 7) is 5.71. The van der Waals surface area contributed by atoms with Gasteiger partial charge in [-0.15, -0.1) is 0 Å². The van der Waals surface area contributed by atoms with E-state index in [4.69, 9.17) is 9.47 Å². The summed E-state index contributed by atoms with van der Waals surface area (Å²) in [6.07, 6.45) is 0.918. The molecule has 26 heavy (non-hydrogen) atoms. The zero-order valence-corrected chi connectivity index (χ0v) is 14.9. The van der Waals surface area contributed by atoms with Crippen LogP contribution in [0.3, 0.4) is 0 Å². The maximum absolute atomic E-state index is 12.7. The molecule has 3 rings (SSSR count). The largest absolute Gasteiger partial charge is 0.426 e.